The number of esters is 4. The van der Waals surface area contributed by atoms with E-state index in [-0.39, 0.29) is 11.8 Å². The van der Waals surface area contributed by atoms with Crippen LogP contribution >= 0.6 is 0 Å². The van der Waals surface area contributed by atoms with Gasteiger partial charge in [0.05, 0.1) is 38.2 Å². The van der Waals surface area contributed by atoms with Gasteiger partial charge in [0.1, 0.15) is 12.2 Å². The molecule has 64 heavy (non-hydrogen) atoms. The van der Waals surface area contributed by atoms with E-state index in [1.807, 2.05) is 24.3 Å². The minimum Gasteiger partial charge on any atom is -0.469 e. The van der Waals surface area contributed by atoms with E-state index in [0.717, 1.165) is 97.6 Å². The van der Waals surface area contributed by atoms with Gasteiger partial charge in [-0.15, -0.1) is 0 Å². The number of hydrogen-bond donors (Lipinski definition) is 0. The number of hydrogen-bond acceptors (Lipinski definition) is 8. The predicted octanol–water partition coefficient (Wildman–Crippen LogP) is 13.5. The summed E-state index contributed by atoms with van der Waals surface area (Å²) < 4.78 is 22.3. The highest BCUT2D eigenvalue weighted by Crippen LogP contribution is 2.41. The SMILES string of the molecule is CCCCCc1ccc(-c2ccc(C(=O)O[C@H](CC(=O)OC)[C@@H](CC(=O)OC)OC(=O)c3ccc(-c4ccc(CCCCC)cc4)c(C4CCCCC4)c3)cc2C2CCCCC2)cc1. The minimum absolute atomic E-state index is 0.277. The fourth-order valence-electron chi connectivity index (χ4n) is 9.67. The van der Waals surface area contributed by atoms with E-state index in [0.29, 0.717) is 11.1 Å². The molecule has 0 unspecified atom stereocenters. The molecular weight excluding hydrogens is 801 g/mol. The number of methoxy groups -OCH3 is 2. The number of unbranched alkanes of at least 4 members (excludes halogenated alkanes) is 4. The number of aryl methyl sites for hydroxylation is 2. The third-order valence-electron chi connectivity index (χ3n) is 13.5. The Hall–Kier alpha value is -5.24. The van der Waals surface area contributed by atoms with Crippen molar-refractivity contribution in [2.75, 3.05) is 14.2 Å². The molecule has 2 aliphatic carbocycles. The Morgan fingerprint density at radius 1 is 0.500 bits per heavy atom. The van der Waals surface area contributed by atoms with E-state index >= 15 is 0 Å². The lowest BCUT2D eigenvalue weighted by atomic mass is 9.80. The van der Waals surface area contributed by atoms with Crippen LogP contribution in [0.2, 0.25) is 0 Å². The Bertz CT molecular complexity index is 1970. The van der Waals surface area contributed by atoms with Crippen molar-refractivity contribution >= 4 is 23.9 Å². The average Bonchev–Trinajstić information content (AvgIpc) is 3.34. The first-order valence-corrected chi connectivity index (χ1v) is 24.2. The van der Waals surface area contributed by atoms with Gasteiger partial charge in [0.2, 0.25) is 0 Å². The molecule has 2 aliphatic rings. The van der Waals surface area contributed by atoms with Gasteiger partial charge in [-0.25, -0.2) is 9.59 Å². The Balaban J connectivity index is 1.27. The molecule has 0 heterocycles. The van der Waals surface area contributed by atoms with Crippen LogP contribution in [0.15, 0.2) is 84.9 Å². The first kappa shape index (κ1) is 48.2. The standard InChI is InChI=1S/C56H70O8/c1-5-7-11-17-39-23-27-43(28-24-39)47-33-31-45(35-49(47)41-19-13-9-14-20-41)55(59)63-51(37-53(57)61-3)52(38-54(58)62-4)64-56(60)46-32-34-48(50(36-46)42-21-15-10-16-22-42)44-29-25-40(26-30-44)18-12-8-6-2/h23-36,41-42,51-52H,5-22,37-38H2,1-4H3/t51-,52-/m1/s1. The zero-order chi connectivity index (χ0) is 45.3. The molecule has 2 fully saturated rings. The largest absolute Gasteiger partial charge is 0.469 e. The van der Waals surface area contributed by atoms with Crippen molar-refractivity contribution in [3.05, 3.63) is 118 Å². The number of benzene rings is 4. The molecule has 6 rings (SSSR count). The number of rotatable bonds is 21. The molecule has 0 aromatic heterocycles. The first-order chi connectivity index (χ1) is 31.2. The second kappa shape index (κ2) is 24.7. The van der Waals surface area contributed by atoms with Crippen molar-refractivity contribution in [3.63, 3.8) is 0 Å². The average molecular weight is 871 g/mol. The molecule has 342 valence electrons. The molecule has 0 spiro atoms. The third-order valence-corrected chi connectivity index (χ3v) is 13.5. The van der Waals surface area contributed by atoms with Gasteiger partial charge in [-0.05, 0) is 132 Å². The Labute approximate surface area is 381 Å². The maximum absolute atomic E-state index is 14.2. The van der Waals surface area contributed by atoms with Gasteiger partial charge in [0.25, 0.3) is 0 Å². The third kappa shape index (κ3) is 13.4. The Morgan fingerprint density at radius 2 is 0.875 bits per heavy atom. The molecule has 0 bridgehead atoms. The van der Waals surface area contributed by atoms with Crippen molar-refractivity contribution in [2.45, 2.75) is 166 Å². The van der Waals surface area contributed by atoms with Crippen molar-refractivity contribution in [3.8, 4) is 22.3 Å². The van der Waals surface area contributed by atoms with Crippen LogP contribution < -0.4 is 0 Å². The van der Waals surface area contributed by atoms with Crippen LogP contribution in [0.1, 0.15) is 184 Å². The van der Waals surface area contributed by atoms with Crippen molar-refractivity contribution in [1.82, 2.24) is 0 Å². The van der Waals surface area contributed by atoms with Gasteiger partial charge in [-0.3, -0.25) is 9.59 Å². The van der Waals surface area contributed by atoms with Crippen molar-refractivity contribution < 1.29 is 38.1 Å². The lowest BCUT2D eigenvalue weighted by Crippen LogP contribution is -2.39. The molecule has 4 aromatic rings. The van der Waals surface area contributed by atoms with Gasteiger partial charge in [-0.2, -0.15) is 0 Å². The fourth-order valence-corrected chi connectivity index (χ4v) is 9.67. The maximum atomic E-state index is 14.2. The van der Waals surface area contributed by atoms with E-state index in [9.17, 15) is 19.2 Å². The molecule has 0 saturated heterocycles. The van der Waals surface area contributed by atoms with Crippen LogP contribution in [-0.4, -0.2) is 50.3 Å². The van der Waals surface area contributed by atoms with Gasteiger partial charge in [0, 0.05) is 0 Å². The van der Waals surface area contributed by atoms with Crippen LogP contribution in [0, 0.1) is 0 Å². The molecular formula is C56H70O8. The summed E-state index contributed by atoms with van der Waals surface area (Å²) >= 11 is 0. The molecule has 0 amide bonds. The van der Waals surface area contributed by atoms with E-state index in [1.165, 1.54) is 76.7 Å². The summed E-state index contributed by atoms with van der Waals surface area (Å²) in [6.07, 6.45) is 16.6. The number of carbonyl (C=O) groups excluding carboxylic acids is 4. The second-order valence-electron chi connectivity index (χ2n) is 18.0. The number of carbonyl (C=O) groups is 4. The highest BCUT2D eigenvalue weighted by Gasteiger charge is 2.35. The highest BCUT2D eigenvalue weighted by atomic mass is 16.6. The summed E-state index contributed by atoms with van der Waals surface area (Å²) in [5.74, 6) is -2.18. The predicted molar refractivity (Wildman–Crippen MR) is 254 cm³/mol. The quantitative estimate of drug-likeness (QED) is 0.0463. The van der Waals surface area contributed by atoms with E-state index < -0.39 is 48.9 Å². The molecule has 2 atom stereocenters. The van der Waals surface area contributed by atoms with Gasteiger partial charge < -0.3 is 18.9 Å². The highest BCUT2D eigenvalue weighted by molar-refractivity contribution is 5.92. The van der Waals surface area contributed by atoms with Crippen molar-refractivity contribution in [2.24, 2.45) is 0 Å². The molecule has 0 aliphatic heterocycles. The summed E-state index contributed by atoms with van der Waals surface area (Å²) in [7, 11) is 2.48. The molecule has 8 nitrogen and oxygen atoms in total. The minimum atomic E-state index is -1.34. The second-order valence-corrected chi connectivity index (χ2v) is 18.0. The van der Waals surface area contributed by atoms with Gasteiger partial charge in [0.15, 0.2) is 0 Å². The molecule has 0 N–H and O–H groups in total. The summed E-state index contributed by atoms with van der Waals surface area (Å²) in [6.45, 7) is 4.43. The zero-order valence-corrected chi connectivity index (χ0v) is 38.8. The smallest absolute Gasteiger partial charge is 0.338 e. The van der Waals surface area contributed by atoms with E-state index in [1.54, 1.807) is 12.1 Å². The van der Waals surface area contributed by atoms with Crippen molar-refractivity contribution in [1.29, 1.82) is 0 Å². The summed E-state index contributed by atoms with van der Waals surface area (Å²) in [5, 5.41) is 0. The lowest BCUT2D eigenvalue weighted by Gasteiger charge is -2.28. The fraction of sp³-hybridized carbons (Fsp3) is 0.500. The van der Waals surface area contributed by atoms with Crippen LogP contribution in [0.3, 0.4) is 0 Å². The Kier molecular flexibility index (Phi) is 18.6. The molecule has 8 heteroatoms. The van der Waals surface area contributed by atoms with E-state index in [2.05, 4.69) is 62.4 Å². The summed E-state index contributed by atoms with van der Waals surface area (Å²) in [4.78, 5) is 54.3. The first-order valence-electron chi connectivity index (χ1n) is 24.2. The van der Waals surface area contributed by atoms with Gasteiger partial charge >= 0.3 is 23.9 Å². The zero-order valence-electron chi connectivity index (χ0n) is 38.8. The molecule has 2 saturated carbocycles. The summed E-state index contributed by atoms with van der Waals surface area (Å²) in [5.41, 5.74) is 9.83. The lowest BCUT2D eigenvalue weighted by molar-refractivity contribution is -0.150. The normalized spacial score (nSPS) is 15.5. The Morgan fingerprint density at radius 3 is 1.22 bits per heavy atom. The molecule has 4 aromatic carbocycles. The number of ether oxygens (including phenoxy) is 4. The van der Waals surface area contributed by atoms with Gasteiger partial charge in [-0.1, -0.05) is 139 Å². The van der Waals surface area contributed by atoms with Crippen LogP contribution in [0.25, 0.3) is 22.3 Å². The maximum Gasteiger partial charge on any atom is 0.338 e. The monoisotopic (exact) mass is 871 g/mol. The summed E-state index contributed by atoms with van der Waals surface area (Å²) in [6, 6.07) is 28.9. The van der Waals surface area contributed by atoms with Crippen LogP contribution in [0.4, 0.5) is 0 Å². The van der Waals surface area contributed by atoms with Crippen LogP contribution in [0.5, 0.6) is 0 Å². The topological polar surface area (TPSA) is 105 Å². The van der Waals surface area contributed by atoms with E-state index in [4.69, 9.17) is 18.9 Å². The molecule has 0 radical (unpaired) electrons. The van der Waals surface area contributed by atoms with Crippen LogP contribution in [-0.2, 0) is 41.4 Å².